The highest BCUT2D eigenvalue weighted by Crippen LogP contribution is 2.38. The van der Waals surface area contributed by atoms with Gasteiger partial charge < -0.3 is 10.2 Å². The third-order valence-electron chi connectivity index (χ3n) is 4.44. The van der Waals surface area contributed by atoms with Crippen molar-refractivity contribution in [3.63, 3.8) is 0 Å². The number of carbonyl (C=O) groups is 2. The molecule has 2 aliphatic heterocycles. The van der Waals surface area contributed by atoms with Gasteiger partial charge in [0, 0.05) is 19.6 Å². The van der Waals surface area contributed by atoms with E-state index in [4.69, 9.17) is 0 Å². The minimum absolute atomic E-state index is 0.0183. The summed E-state index contributed by atoms with van der Waals surface area (Å²) in [5.41, 5.74) is 0.333. The van der Waals surface area contributed by atoms with Crippen LogP contribution in [0.3, 0.4) is 0 Å². The number of rotatable bonds is 2. The summed E-state index contributed by atoms with van der Waals surface area (Å²) >= 11 is 0. The van der Waals surface area contributed by atoms with Crippen LogP contribution < -0.4 is 5.32 Å². The first-order chi connectivity index (χ1) is 9.72. The number of carbonyl (C=O) groups excluding carboxylic acids is 2. The van der Waals surface area contributed by atoms with E-state index in [1.54, 1.807) is 0 Å². The van der Waals surface area contributed by atoms with E-state index in [9.17, 15) is 9.59 Å². The van der Waals surface area contributed by atoms with Crippen LogP contribution in [0, 0.1) is 5.41 Å². The maximum atomic E-state index is 12.8. The van der Waals surface area contributed by atoms with Gasteiger partial charge in [-0.25, -0.2) is 0 Å². The summed E-state index contributed by atoms with van der Waals surface area (Å²) in [5.74, 6) is -0.0451. The van der Waals surface area contributed by atoms with E-state index in [-0.39, 0.29) is 11.8 Å². The molecule has 2 heterocycles. The zero-order chi connectivity index (χ0) is 14.0. The number of benzene rings is 1. The molecule has 4 nitrogen and oxygen atoms in total. The SMILES string of the molecule is O=C1NCCC[C@]12CCCN(Cc1ccccc1)C2=O. The standard InChI is InChI=1S/C16H20N2O2/c19-14-16(8-4-10-17-14)9-5-11-18(15(16)20)12-13-6-2-1-3-7-13/h1-3,6-7H,4-5,8-12H2,(H,17,19)/t16-/m0/s1. The summed E-state index contributed by atoms with van der Waals surface area (Å²) in [7, 11) is 0. The Morgan fingerprint density at radius 2 is 1.85 bits per heavy atom. The van der Waals surface area contributed by atoms with Gasteiger partial charge in [-0.05, 0) is 31.2 Å². The van der Waals surface area contributed by atoms with Crippen LogP contribution in [0.5, 0.6) is 0 Å². The molecule has 106 valence electrons. The molecule has 1 spiro atoms. The molecule has 1 aromatic carbocycles. The van der Waals surface area contributed by atoms with Gasteiger partial charge in [-0.1, -0.05) is 30.3 Å². The van der Waals surface area contributed by atoms with Crippen molar-refractivity contribution in [2.24, 2.45) is 5.41 Å². The van der Waals surface area contributed by atoms with Gasteiger partial charge in [0.1, 0.15) is 5.41 Å². The number of hydrogen-bond donors (Lipinski definition) is 1. The van der Waals surface area contributed by atoms with Crippen LogP contribution in [0.1, 0.15) is 31.2 Å². The predicted octanol–water partition coefficient (Wildman–Crippen LogP) is 1.71. The zero-order valence-electron chi connectivity index (χ0n) is 11.6. The van der Waals surface area contributed by atoms with Crippen LogP contribution >= 0.6 is 0 Å². The molecule has 0 aromatic heterocycles. The van der Waals surface area contributed by atoms with E-state index in [1.165, 1.54) is 0 Å². The Bertz CT molecular complexity index is 510. The van der Waals surface area contributed by atoms with Crippen LogP contribution in [0.25, 0.3) is 0 Å². The smallest absolute Gasteiger partial charge is 0.238 e. The van der Waals surface area contributed by atoms with E-state index in [0.717, 1.165) is 24.9 Å². The molecule has 1 atom stereocenters. The molecular weight excluding hydrogens is 252 g/mol. The monoisotopic (exact) mass is 272 g/mol. The summed E-state index contributed by atoms with van der Waals surface area (Å²) in [5, 5.41) is 2.87. The lowest BCUT2D eigenvalue weighted by Gasteiger charge is -2.42. The normalized spacial score (nSPS) is 26.7. The van der Waals surface area contributed by atoms with Gasteiger partial charge in [-0.15, -0.1) is 0 Å². The van der Waals surface area contributed by atoms with Gasteiger partial charge in [-0.3, -0.25) is 9.59 Å². The summed E-state index contributed by atoms with van der Waals surface area (Å²) in [6, 6.07) is 9.97. The Balaban J connectivity index is 1.80. The largest absolute Gasteiger partial charge is 0.355 e. The first kappa shape index (κ1) is 13.2. The van der Waals surface area contributed by atoms with Crippen LogP contribution in [0.15, 0.2) is 30.3 Å². The minimum Gasteiger partial charge on any atom is -0.355 e. The van der Waals surface area contributed by atoms with E-state index >= 15 is 0 Å². The van der Waals surface area contributed by atoms with E-state index in [2.05, 4.69) is 5.32 Å². The number of likely N-dealkylation sites (tertiary alicyclic amines) is 1. The van der Waals surface area contributed by atoms with Crippen LogP contribution in [-0.2, 0) is 16.1 Å². The zero-order valence-corrected chi connectivity index (χ0v) is 11.6. The second-order valence-electron chi connectivity index (χ2n) is 5.76. The van der Waals surface area contributed by atoms with E-state index in [0.29, 0.717) is 25.9 Å². The fraction of sp³-hybridized carbons (Fsp3) is 0.500. The molecule has 2 aliphatic rings. The third-order valence-corrected chi connectivity index (χ3v) is 4.44. The molecule has 0 aliphatic carbocycles. The number of nitrogens with zero attached hydrogens (tertiary/aromatic N) is 1. The summed E-state index contributed by atoms with van der Waals surface area (Å²) in [6.07, 6.45) is 3.20. The Morgan fingerprint density at radius 3 is 2.60 bits per heavy atom. The molecule has 1 aromatic rings. The molecule has 2 fully saturated rings. The number of piperidine rings is 2. The summed E-state index contributed by atoms with van der Waals surface area (Å²) in [6.45, 7) is 2.06. The van der Waals surface area contributed by atoms with E-state index < -0.39 is 5.41 Å². The van der Waals surface area contributed by atoms with Crippen LogP contribution in [-0.4, -0.2) is 29.8 Å². The number of amides is 2. The first-order valence-corrected chi connectivity index (χ1v) is 7.34. The number of hydrogen-bond acceptors (Lipinski definition) is 2. The third kappa shape index (κ3) is 2.19. The fourth-order valence-electron chi connectivity index (χ4n) is 3.35. The van der Waals surface area contributed by atoms with Gasteiger partial charge in [0.05, 0.1) is 0 Å². The highest BCUT2D eigenvalue weighted by atomic mass is 16.2. The molecule has 0 saturated carbocycles. The average Bonchev–Trinajstić information content (AvgIpc) is 2.48. The van der Waals surface area contributed by atoms with Gasteiger partial charge in [0.15, 0.2) is 0 Å². The second kappa shape index (κ2) is 5.27. The molecule has 2 saturated heterocycles. The Morgan fingerprint density at radius 1 is 1.10 bits per heavy atom. The molecule has 2 amide bonds. The minimum atomic E-state index is -0.786. The van der Waals surface area contributed by atoms with Gasteiger partial charge in [-0.2, -0.15) is 0 Å². The lowest BCUT2D eigenvalue weighted by Crippen LogP contribution is -2.58. The molecule has 0 bridgehead atoms. The lowest BCUT2D eigenvalue weighted by molar-refractivity contribution is -0.157. The lowest BCUT2D eigenvalue weighted by atomic mass is 9.73. The Kier molecular flexibility index (Phi) is 3.47. The average molecular weight is 272 g/mol. The Hall–Kier alpha value is -1.84. The maximum absolute atomic E-state index is 12.8. The highest BCUT2D eigenvalue weighted by molar-refractivity contribution is 6.05. The molecule has 1 N–H and O–H groups in total. The fourth-order valence-corrected chi connectivity index (χ4v) is 3.35. The quantitative estimate of drug-likeness (QED) is 0.833. The second-order valence-corrected chi connectivity index (χ2v) is 5.76. The van der Waals surface area contributed by atoms with Gasteiger partial charge in [0.25, 0.3) is 0 Å². The van der Waals surface area contributed by atoms with E-state index in [1.807, 2.05) is 35.2 Å². The molecule has 0 unspecified atom stereocenters. The van der Waals surface area contributed by atoms with Gasteiger partial charge >= 0.3 is 0 Å². The molecule has 0 radical (unpaired) electrons. The topological polar surface area (TPSA) is 49.4 Å². The number of nitrogens with one attached hydrogen (secondary N) is 1. The Labute approximate surface area is 119 Å². The predicted molar refractivity (Wildman–Crippen MR) is 75.8 cm³/mol. The molecule has 20 heavy (non-hydrogen) atoms. The van der Waals surface area contributed by atoms with Crippen molar-refractivity contribution in [2.75, 3.05) is 13.1 Å². The first-order valence-electron chi connectivity index (χ1n) is 7.34. The van der Waals surface area contributed by atoms with Crippen molar-refractivity contribution in [1.29, 1.82) is 0 Å². The van der Waals surface area contributed by atoms with Crippen LogP contribution in [0.4, 0.5) is 0 Å². The van der Waals surface area contributed by atoms with Crippen molar-refractivity contribution in [3.8, 4) is 0 Å². The van der Waals surface area contributed by atoms with Crippen molar-refractivity contribution < 1.29 is 9.59 Å². The van der Waals surface area contributed by atoms with Crippen molar-refractivity contribution in [1.82, 2.24) is 10.2 Å². The van der Waals surface area contributed by atoms with Crippen molar-refractivity contribution >= 4 is 11.8 Å². The summed E-state index contributed by atoms with van der Waals surface area (Å²) < 4.78 is 0. The molecule has 3 rings (SSSR count). The van der Waals surface area contributed by atoms with Gasteiger partial charge in [0.2, 0.25) is 11.8 Å². The molecule has 4 heteroatoms. The highest BCUT2D eigenvalue weighted by Gasteiger charge is 2.50. The summed E-state index contributed by atoms with van der Waals surface area (Å²) in [4.78, 5) is 26.9. The van der Waals surface area contributed by atoms with Crippen LogP contribution in [0.2, 0.25) is 0 Å². The van der Waals surface area contributed by atoms with Crippen molar-refractivity contribution in [2.45, 2.75) is 32.2 Å². The van der Waals surface area contributed by atoms with Crippen molar-refractivity contribution in [3.05, 3.63) is 35.9 Å². The maximum Gasteiger partial charge on any atom is 0.238 e. The molecular formula is C16H20N2O2.